The van der Waals surface area contributed by atoms with Gasteiger partial charge >= 0.3 is 5.65 Å². The number of rotatable bonds is 1. The van der Waals surface area contributed by atoms with E-state index in [1.807, 2.05) is 26.0 Å². The fourth-order valence-electron chi connectivity index (χ4n) is 1.46. The first-order chi connectivity index (χ1) is 8.20. The molecule has 2 aromatic rings. The van der Waals surface area contributed by atoms with Crippen molar-refractivity contribution in [3.05, 3.63) is 29.3 Å². The predicted molar refractivity (Wildman–Crippen MR) is 48.5 cm³/mol. The van der Waals surface area contributed by atoms with E-state index in [9.17, 15) is 0 Å². The van der Waals surface area contributed by atoms with Gasteiger partial charge in [-0.05, 0) is 9.56 Å². The van der Waals surface area contributed by atoms with Gasteiger partial charge in [-0.1, -0.05) is 6.92 Å². The minimum absolute atomic E-state index is 0.898. The van der Waals surface area contributed by atoms with Crippen LogP contribution in [0, 0.1) is 24.1 Å². The Morgan fingerprint density at radius 1 is 1.22 bits per heavy atom. The fourth-order valence-corrected chi connectivity index (χ4v) is 1.46. The maximum absolute atomic E-state index is 8.49. The van der Waals surface area contributed by atoms with Crippen LogP contribution >= 0.6 is 0 Å². The highest BCUT2D eigenvalue weighted by Gasteiger charge is 2.14. The van der Waals surface area contributed by atoms with Crippen LogP contribution in [0.4, 0.5) is 0 Å². The highest BCUT2D eigenvalue weighted by atomic mass is 35.7. The van der Waals surface area contributed by atoms with E-state index in [4.69, 9.17) is 23.2 Å². The van der Waals surface area contributed by atoms with Crippen molar-refractivity contribution in [2.45, 2.75) is 27.2 Å². The summed E-state index contributed by atoms with van der Waals surface area (Å²) in [6, 6.07) is 4.00. The van der Waals surface area contributed by atoms with Crippen LogP contribution in [-0.2, 0) is 6.42 Å². The normalized spacial score (nSPS) is 11.3. The van der Waals surface area contributed by atoms with E-state index in [1.54, 1.807) is 4.57 Å². The van der Waals surface area contributed by atoms with Crippen molar-refractivity contribution in [2.75, 3.05) is 0 Å². The predicted octanol–water partition coefficient (Wildman–Crippen LogP) is -3.16. The van der Waals surface area contributed by atoms with E-state index >= 15 is 0 Å². The molecular formula is C10H13ClN2O5. The molecule has 0 fully saturated rings. The second-order valence-corrected chi connectivity index (χ2v) is 4.38. The first-order valence-electron chi connectivity index (χ1n) is 5.11. The highest BCUT2D eigenvalue weighted by Crippen LogP contribution is 2.05. The van der Waals surface area contributed by atoms with E-state index in [2.05, 4.69) is 11.9 Å². The van der Waals surface area contributed by atoms with Gasteiger partial charge in [-0.15, -0.1) is 10.2 Å². The summed E-state index contributed by atoms with van der Waals surface area (Å²) in [6.45, 7) is 6.08. The standard InChI is InChI=1S/C10H13N2O.ClHO4/c1-4-9-6-10-11-7(2)5-8(3)12(10)13-9;2-1(3,4)5/h5-6H,4H2,1-3H3;(H,2,3,4,5)/q+1;/p-1. The third-order valence-corrected chi connectivity index (χ3v) is 2.08. The van der Waals surface area contributed by atoms with Crippen LogP contribution < -0.4 is 23.2 Å². The molecule has 18 heavy (non-hydrogen) atoms. The SMILES string of the molecule is CCc1cc2nc(C)cc(C)[n+]2o1.[O-][Cl+3]([O-])([O-])[O-]. The van der Waals surface area contributed by atoms with Crippen LogP contribution in [0.1, 0.15) is 24.1 Å². The quantitative estimate of drug-likeness (QED) is 0.507. The molecule has 7 nitrogen and oxygen atoms in total. The summed E-state index contributed by atoms with van der Waals surface area (Å²) in [5.74, 6) is 0.973. The maximum Gasteiger partial charge on any atom is 0.366 e. The molecule has 0 aromatic carbocycles. The first kappa shape index (κ1) is 14.8. The molecule has 8 heteroatoms. The first-order valence-corrected chi connectivity index (χ1v) is 6.35. The number of halogens is 1. The lowest BCUT2D eigenvalue weighted by molar-refractivity contribution is -2.00. The van der Waals surface area contributed by atoms with E-state index < -0.39 is 10.2 Å². The molecule has 0 aliphatic heterocycles. The summed E-state index contributed by atoms with van der Waals surface area (Å²) in [4.78, 5) is 4.37. The Balaban J connectivity index is 0.000000280. The van der Waals surface area contributed by atoms with E-state index in [0.29, 0.717) is 0 Å². The second-order valence-electron chi connectivity index (χ2n) is 3.62. The van der Waals surface area contributed by atoms with Crippen molar-refractivity contribution < 1.29 is 38.0 Å². The van der Waals surface area contributed by atoms with Crippen LogP contribution in [0.3, 0.4) is 0 Å². The highest BCUT2D eigenvalue weighted by molar-refractivity contribution is 5.30. The molecule has 2 heterocycles. The lowest BCUT2D eigenvalue weighted by atomic mass is 10.3. The molecule has 0 spiro atoms. The molecule has 0 saturated carbocycles. The molecular weight excluding hydrogens is 264 g/mol. The average molecular weight is 277 g/mol. The Morgan fingerprint density at radius 2 is 1.78 bits per heavy atom. The Hall–Kier alpha value is -1.25. The molecule has 0 unspecified atom stereocenters. The van der Waals surface area contributed by atoms with Crippen LogP contribution in [0.25, 0.3) is 5.65 Å². The third-order valence-electron chi connectivity index (χ3n) is 2.08. The van der Waals surface area contributed by atoms with Crippen molar-refractivity contribution in [1.82, 2.24) is 4.98 Å². The van der Waals surface area contributed by atoms with Gasteiger partial charge in [0, 0.05) is 26.3 Å². The van der Waals surface area contributed by atoms with Gasteiger partial charge < -0.3 is 4.52 Å². The minimum atomic E-state index is -4.94. The molecule has 2 aromatic heterocycles. The van der Waals surface area contributed by atoms with Crippen LogP contribution in [0.2, 0.25) is 0 Å². The summed E-state index contributed by atoms with van der Waals surface area (Å²) in [5, 5.41) is 0. The zero-order valence-electron chi connectivity index (χ0n) is 10.2. The summed E-state index contributed by atoms with van der Waals surface area (Å²) >= 11 is 0. The molecule has 2 rings (SSSR count). The number of fused-ring (bicyclic) bond motifs is 1. The molecule has 0 saturated heterocycles. The van der Waals surface area contributed by atoms with Crippen molar-refractivity contribution in [3.63, 3.8) is 0 Å². The molecule has 100 valence electrons. The topological polar surface area (TPSA) is 122 Å². The second kappa shape index (κ2) is 5.59. The minimum Gasteiger partial charge on any atom is -0.300 e. The fraction of sp³-hybridized carbons (Fsp3) is 0.400. The average Bonchev–Trinajstić information content (AvgIpc) is 2.58. The Kier molecular flexibility index (Phi) is 4.60. The summed E-state index contributed by atoms with van der Waals surface area (Å²) in [5.41, 5.74) is 3.01. The molecule has 0 amide bonds. The van der Waals surface area contributed by atoms with Gasteiger partial charge in [-0.3, -0.25) is 0 Å². The number of hydrogen-bond donors (Lipinski definition) is 0. The van der Waals surface area contributed by atoms with Crippen molar-refractivity contribution in [1.29, 1.82) is 0 Å². The molecule has 0 radical (unpaired) electrons. The molecule has 0 bridgehead atoms. The maximum atomic E-state index is 8.49. The van der Waals surface area contributed by atoms with Crippen molar-refractivity contribution in [3.8, 4) is 0 Å². The molecule has 0 aliphatic carbocycles. The van der Waals surface area contributed by atoms with E-state index in [-0.39, 0.29) is 0 Å². The van der Waals surface area contributed by atoms with Gasteiger partial charge in [0.25, 0.3) is 0 Å². The van der Waals surface area contributed by atoms with Gasteiger partial charge in [0.05, 0.1) is 6.07 Å². The zero-order chi connectivity index (χ0) is 13.9. The van der Waals surface area contributed by atoms with Gasteiger partial charge in [0.2, 0.25) is 0 Å². The summed E-state index contributed by atoms with van der Waals surface area (Å²) < 4.78 is 41.3. The zero-order valence-corrected chi connectivity index (χ0v) is 10.9. The summed E-state index contributed by atoms with van der Waals surface area (Å²) in [6.07, 6.45) is 0.905. The van der Waals surface area contributed by atoms with Crippen LogP contribution in [-0.4, -0.2) is 4.98 Å². The summed E-state index contributed by atoms with van der Waals surface area (Å²) in [7, 11) is -4.94. The molecule has 0 aliphatic rings. The lowest BCUT2D eigenvalue weighted by Crippen LogP contribution is -2.68. The van der Waals surface area contributed by atoms with Crippen LogP contribution in [0.15, 0.2) is 16.7 Å². The van der Waals surface area contributed by atoms with Crippen molar-refractivity contribution >= 4 is 5.65 Å². The Bertz CT molecular complexity index is 529. The van der Waals surface area contributed by atoms with Crippen LogP contribution in [0.5, 0.6) is 0 Å². The van der Waals surface area contributed by atoms with Gasteiger partial charge in [-0.2, -0.15) is 0 Å². The van der Waals surface area contributed by atoms with E-state index in [0.717, 1.165) is 29.2 Å². The van der Waals surface area contributed by atoms with Gasteiger partial charge in [-0.25, -0.2) is 18.6 Å². The third kappa shape index (κ3) is 4.55. The van der Waals surface area contributed by atoms with E-state index in [1.165, 1.54) is 0 Å². The Morgan fingerprint density at radius 3 is 2.28 bits per heavy atom. The Labute approximate surface area is 106 Å². The number of aromatic nitrogens is 2. The van der Waals surface area contributed by atoms with Gasteiger partial charge in [0.15, 0.2) is 17.1 Å². The molecule has 0 N–H and O–H groups in total. The van der Waals surface area contributed by atoms with Crippen molar-refractivity contribution in [2.24, 2.45) is 0 Å². The molecule has 0 atom stereocenters. The number of nitrogens with zero attached hydrogens (tertiary/aromatic N) is 2. The number of aryl methyl sites for hydroxylation is 3. The lowest BCUT2D eigenvalue weighted by Gasteiger charge is -2.17. The smallest absolute Gasteiger partial charge is 0.300 e. The number of hydrogen-bond acceptors (Lipinski definition) is 6. The van der Waals surface area contributed by atoms with Gasteiger partial charge in [0.1, 0.15) is 0 Å². The largest absolute Gasteiger partial charge is 0.366 e. The monoisotopic (exact) mass is 276 g/mol.